The first-order valence-electron chi connectivity index (χ1n) is 6.05. The van der Waals surface area contributed by atoms with Gasteiger partial charge in [-0.3, -0.25) is 4.79 Å². The molecule has 0 aliphatic heterocycles. The number of halogens is 3. The predicted molar refractivity (Wildman–Crippen MR) is 62.7 cm³/mol. The van der Waals surface area contributed by atoms with Gasteiger partial charge in [-0.15, -0.1) is 6.58 Å². The van der Waals surface area contributed by atoms with Crippen LogP contribution in [-0.2, 0) is 4.79 Å². The summed E-state index contributed by atoms with van der Waals surface area (Å²) >= 11 is 0. The number of carbonyl (C=O) groups excluding carboxylic acids is 1. The van der Waals surface area contributed by atoms with Crippen molar-refractivity contribution in [3.05, 3.63) is 12.7 Å². The Hall–Kier alpha value is -1.04. The Morgan fingerprint density at radius 1 is 1.44 bits per heavy atom. The smallest absolute Gasteiger partial charge is 0.330 e. The molecule has 0 aromatic rings. The first kappa shape index (κ1) is 15.0. The zero-order valence-corrected chi connectivity index (χ0v) is 10.2. The summed E-state index contributed by atoms with van der Waals surface area (Å²) in [6.45, 7) is 2.45. The average molecular weight is 264 g/mol. The molecule has 2 N–H and O–H groups in total. The average Bonchev–Trinajstić information content (AvgIpc) is 2.73. The van der Waals surface area contributed by atoms with Crippen molar-refractivity contribution < 1.29 is 18.0 Å². The van der Waals surface area contributed by atoms with Crippen LogP contribution >= 0.6 is 0 Å². The fourth-order valence-electron chi connectivity index (χ4n) is 2.48. The zero-order valence-electron chi connectivity index (χ0n) is 10.2. The summed E-state index contributed by atoms with van der Waals surface area (Å²) in [7, 11) is 0. The van der Waals surface area contributed by atoms with Gasteiger partial charge in [-0.1, -0.05) is 12.5 Å². The molecule has 0 radical (unpaired) electrons. The van der Waals surface area contributed by atoms with Crippen molar-refractivity contribution in [2.75, 3.05) is 19.6 Å². The molecule has 18 heavy (non-hydrogen) atoms. The van der Waals surface area contributed by atoms with E-state index in [0.29, 0.717) is 13.0 Å². The second-order valence-electron chi connectivity index (χ2n) is 4.66. The van der Waals surface area contributed by atoms with Gasteiger partial charge in [-0.2, -0.15) is 13.2 Å². The normalized spacial score (nSPS) is 24.0. The monoisotopic (exact) mass is 264 g/mol. The van der Waals surface area contributed by atoms with E-state index in [1.807, 2.05) is 0 Å². The molecule has 3 nitrogen and oxygen atoms in total. The summed E-state index contributed by atoms with van der Waals surface area (Å²) < 4.78 is 37.2. The minimum absolute atomic E-state index is 0.0121. The molecule has 1 aliphatic rings. The van der Waals surface area contributed by atoms with E-state index in [-0.39, 0.29) is 18.4 Å². The molecular weight excluding hydrogens is 245 g/mol. The molecule has 0 spiro atoms. The van der Waals surface area contributed by atoms with E-state index in [9.17, 15) is 18.0 Å². The molecule has 1 saturated carbocycles. The third-order valence-electron chi connectivity index (χ3n) is 3.31. The van der Waals surface area contributed by atoms with Gasteiger partial charge in [-0.25, -0.2) is 0 Å². The van der Waals surface area contributed by atoms with Gasteiger partial charge in [0, 0.05) is 12.5 Å². The maximum Gasteiger partial charge on any atom is 0.406 e. The van der Waals surface area contributed by atoms with Gasteiger partial charge in [0.15, 0.2) is 0 Å². The molecule has 6 heteroatoms. The van der Waals surface area contributed by atoms with Gasteiger partial charge in [0.05, 0.1) is 0 Å². The Kier molecular flexibility index (Phi) is 5.19. The highest BCUT2D eigenvalue weighted by Crippen LogP contribution is 2.33. The second kappa shape index (κ2) is 6.22. The SMILES string of the molecule is C=CCN(CC(F)(F)F)C(=O)[C@@H]1CCC[C@@H]1CN. The number of nitrogens with two attached hydrogens (primary N) is 1. The summed E-state index contributed by atoms with van der Waals surface area (Å²) in [5.74, 6) is -0.796. The number of alkyl halides is 3. The fraction of sp³-hybridized carbons (Fsp3) is 0.750. The highest BCUT2D eigenvalue weighted by molar-refractivity contribution is 5.79. The third kappa shape index (κ3) is 4.01. The van der Waals surface area contributed by atoms with Crippen molar-refractivity contribution in [1.82, 2.24) is 4.90 Å². The molecule has 0 saturated heterocycles. The van der Waals surface area contributed by atoms with E-state index in [2.05, 4.69) is 6.58 Å². The van der Waals surface area contributed by atoms with Crippen molar-refractivity contribution in [2.45, 2.75) is 25.4 Å². The molecule has 1 fully saturated rings. The highest BCUT2D eigenvalue weighted by Gasteiger charge is 2.38. The van der Waals surface area contributed by atoms with Gasteiger partial charge in [-0.05, 0) is 25.3 Å². The zero-order chi connectivity index (χ0) is 13.8. The molecule has 0 unspecified atom stereocenters. The summed E-state index contributed by atoms with van der Waals surface area (Å²) in [5.41, 5.74) is 5.55. The largest absolute Gasteiger partial charge is 0.406 e. The number of amides is 1. The molecule has 0 aromatic heterocycles. The molecule has 1 amide bonds. The van der Waals surface area contributed by atoms with Gasteiger partial charge in [0.25, 0.3) is 0 Å². The Morgan fingerprint density at radius 2 is 2.11 bits per heavy atom. The minimum Gasteiger partial charge on any atom is -0.330 e. The first-order valence-corrected chi connectivity index (χ1v) is 6.05. The number of carbonyl (C=O) groups is 1. The summed E-state index contributed by atoms with van der Waals surface area (Å²) in [6.07, 6.45) is -0.759. The first-order chi connectivity index (χ1) is 8.39. The van der Waals surface area contributed by atoms with Crippen molar-refractivity contribution in [3.8, 4) is 0 Å². The number of rotatable bonds is 5. The van der Waals surface area contributed by atoms with E-state index in [1.165, 1.54) is 6.08 Å². The molecule has 0 bridgehead atoms. The summed E-state index contributed by atoms with van der Waals surface area (Å²) in [6, 6.07) is 0. The van der Waals surface area contributed by atoms with Crippen LogP contribution in [0.25, 0.3) is 0 Å². The van der Waals surface area contributed by atoms with Gasteiger partial charge in [0.2, 0.25) is 5.91 Å². The lowest BCUT2D eigenvalue weighted by molar-refractivity contribution is -0.163. The maximum absolute atomic E-state index is 12.4. The van der Waals surface area contributed by atoms with E-state index >= 15 is 0 Å². The van der Waals surface area contributed by atoms with Gasteiger partial charge < -0.3 is 10.6 Å². The Bertz CT molecular complexity index is 304. The Labute approximate surface area is 105 Å². The number of nitrogens with zero attached hydrogens (tertiary/aromatic N) is 1. The van der Waals surface area contributed by atoms with Crippen molar-refractivity contribution in [1.29, 1.82) is 0 Å². The summed E-state index contributed by atoms with van der Waals surface area (Å²) in [4.78, 5) is 12.9. The second-order valence-corrected chi connectivity index (χ2v) is 4.66. The lowest BCUT2D eigenvalue weighted by atomic mass is 9.94. The van der Waals surface area contributed by atoms with E-state index in [0.717, 1.165) is 17.7 Å². The molecular formula is C12H19F3N2O. The van der Waals surface area contributed by atoms with Crippen LogP contribution in [0.2, 0.25) is 0 Å². The molecule has 104 valence electrons. The molecule has 1 aliphatic carbocycles. The predicted octanol–water partition coefficient (Wildman–Crippen LogP) is 1.94. The van der Waals surface area contributed by atoms with Crippen LogP contribution in [-0.4, -0.2) is 36.6 Å². The van der Waals surface area contributed by atoms with Crippen LogP contribution in [0.1, 0.15) is 19.3 Å². The third-order valence-corrected chi connectivity index (χ3v) is 3.31. The highest BCUT2D eigenvalue weighted by atomic mass is 19.4. The molecule has 2 atom stereocenters. The lowest BCUT2D eigenvalue weighted by Crippen LogP contribution is -2.43. The molecule has 1 rings (SSSR count). The number of hydrogen-bond donors (Lipinski definition) is 1. The van der Waals surface area contributed by atoms with Crippen LogP contribution in [0.5, 0.6) is 0 Å². The fourth-order valence-corrected chi connectivity index (χ4v) is 2.48. The van der Waals surface area contributed by atoms with Crippen LogP contribution in [0.4, 0.5) is 13.2 Å². The molecule has 0 aromatic carbocycles. The van der Waals surface area contributed by atoms with Gasteiger partial charge >= 0.3 is 6.18 Å². The quantitative estimate of drug-likeness (QED) is 0.771. The van der Waals surface area contributed by atoms with E-state index < -0.39 is 18.6 Å². The topological polar surface area (TPSA) is 46.3 Å². The van der Waals surface area contributed by atoms with Crippen LogP contribution in [0, 0.1) is 11.8 Å². The van der Waals surface area contributed by atoms with Crippen LogP contribution < -0.4 is 5.73 Å². The minimum atomic E-state index is -4.38. The maximum atomic E-state index is 12.4. The van der Waals surface area contributed by atoms with Crippen molar-refractivity contribution in [3.63, 3.8) is 0 Å². The van der Waals surface area contributed by atoms with Gasteiger partial charge in [0.1, 0.15) is 6.54 Å². The summed E-state index contributed by atoms with van der Waals surface area (Å²) in [5, 5.41) is 0. The van der Waals surface area contributed by atoms with Crippen LogP contribution in [0.3, 0.4) is 0 Å². The molecule has 0 heterocycles. The standard InChI is InChI=1S/C12H19F3N2O/c1-2-6-17(8-12(13,14)15)11(18)10-5-3-4-9(10)7-16/h2,9-10H,1,3-8,16H2/t9-,10-/m1/s1. The van der Waals surface area contributed by atoms with Crippen molar-refractivity contribution >= 4 is 5.91 Å². The Morgan fingerprint density at radius 3 is 2.61 bits per heavy atom. The number of hydrogen-bond acceptors (Lipinski definition) is 2. The lowest BCUT2D eigenvalue weighted by Gasteiger charge is -2.27. The van der Waals surface area contributed by atoms with Crippen molar-refractivity contribution in [2.24, 2.45) is 17.6 Å². The Balaban J connectivity index is 2.72. The van der Waals surface area contributed by atoms with E-state index in [4.69, 9.17) is 5.73 Å². The van der Waals surface area contributed by atoms with Crippen LogP contribution in [0.15, 0.2) is 12.7 Å². The van der Waals surface area contributed by atoms with E-state index in [1.54, 1.807) is 0 Å².